The second-order valence-electron chi connectivity index (χ2n) is 8.85. The van der Waals surface area contributed by atoms with Crippen molar-refractivity contribution in [3.63, 3.8) is 0 Å². The van der Waals surface area contributed by atoms with Gasteiger partial charge in [0.25, 0.3) is 0 Å². The monoisotopic (exact) mass is 397 g/mol. The van der Waals surface area contributed by atoms with Crippen LogP contribution in [-0.2, 0) is 18.0 Å². The summed E-state index contributed by atoms with van der Waals surface area (Å²) < 4.78 is 4.62. The van der Waals surface area contributed by atoms with Gasteiger partial charge >= 0.3 is 11.4 Å². The van der Waals surface area contributed by atoms with Crippen LogP contribution in [0.1, 0.15) is 31.0 Å². The second kappa shape index (κ2) is 5.42. The highest BCUT2D eigenvalue weighted by molar-refractivity contribution is 5.88. The number of rotatable bonds is 2. The summed E-state index contributed by atoms with van der Waals surface area (Å²) in [5.41, 5.74) is 3.30. The maximum atomic E-state index is 13.3. The van der Waals surface area contributed by atoms with E-state index in [1.807, 2.05) is 12.1 Å². The van der Waals surface area contributed by atoms with E-state index in [2.05, 4.69) is 74.5 Å². The normalized spacial score (nSPS) is 30.8. The van der Waals surface area contributed by atoms with E-state index in [1.54, 1.807) is 16.4 Å². The minimum atomic E-state index is -0.698. The molecule has 7 rings (SSSR count). The van der Waals surface area contributed by atoms with Crippen molar-refractivity contribution < 1.29 is 0 Å². The molecule has 2 aromatic carbocycles. The van der Waals surface area contributed by atoms with E-state index in [1.165, 1.54) is 26.8 Å². The standard InChI is InChI=1S/C25H23N3O2/c1-16-20(17-10-6-4-7-11-17)25(18-12-8-5-9-13-18)21(16)19-14-15-24(25,2)28-23(30)26(3)22(29)27(19)28/h4-15,19,21H,1-3H3/t19-,21-,24-,25-/m0/s1. The third kappa shape index (κ3) is 1.64. The zero-order chi connectivity index (χ0) is 20.8. The first-order valence-electron chi connectivity index (χ1n) is 10.4. The van der Waals surface area contributed by atoms with Gasteiger partial charge in [-0.05, 0) is 30.5 Å². The maximum absolute atomic E-state index is 13.3. The average Bonchev–Trinajstić information content (AvgIpc) is 3.00. The molecule has 5 heteroatoms. The zero-order valence-electron chi connectivity index (χ0n) is 17.2. The smallest absolute Gasteiger partial charge is 0.246 e. The molecule has 2 aliphatic carbocycles. The summed E-state index contributed by atoms with van der Waals surface area (Å²) in [6.07, 6.45) is 4.27. The minimum absolute atomic E-state index is 0.115. The fourth-order valence-corrected chi connectivity index (χ4v) is 6.55. The molecule has 0 spiro atoms. The summed E-state index contributed by atoms with van der Waals surface area (Å²) in [4.78, 5) is 26.3. The Labute approximate surface area is 174 Å². The SMILES string of the molecule is CC1=C(c2ccccc2)[C@@]2(c3ccccc3)[C@@H]1[C@@H]1C=C[C@]2(C)n2c(=O)n(C)c(=O)n21. The largest absolute Gasteiger partial charge is 0.347 e. The Balaban J connectivity index is 1.77. The molecule has 0 amide bonds. The summed E-state index contributed by atoms with van der Waals surface area (Å²) >= 11 is 0. The van der Waals surface area contributed by atoms with Crippen LogP contribution in [0.2, 0.25) is 0 Å². The highest BCUT2D eigenvalue weighted by atomic mass is 16.2. The van der Waals surface area contributed by atoms with Crippen LogP contribution in [0.5, 0.6) is 0 Å². The predicted octanol–water partition coefficient (Wildman–Crippen LogP) is 3.23. The Morgan fingerprint density at radius 1 is 0.900 bits per heavy atom. The molecule has 3 aromatic rings. The lowest BCUT2D eigenvalue weighted by Gasteiger charge is -2.67. The Bertz CT molecular complexity index is 1370. The molecule has 0 saturated heterocycles. The molecular formula is C25H23N3O2. The number of hydrogen-bond acceptors (Lipinski definition) is 2. The van der Waals surface area contributed by atoms with Crippen molar-refractivity contribution in [3.8, 4) is 0 Å². The molecule has 3 heterocycles. The number of benzene rings is 2. The second-order valence-corrected chi connectivity index (χ2v) is 8.85. The molecule has 1 aromatic heterocycles. The molecule has 4 aliphatic rings. The van der Waals surface area contributed by atoms with Gasteiger partial charge in [0.15, 0.2) is 0 Å². The van der Waals surface area contributed by atoms with Crippen LogP contribution in [0.4, 0.5) is 0 Å². The molecule has 5 nitrogen and oxygen atoms in total. The van der Waals surface area contributed by atoms with E-state index < -0.39 is 11.0 Å². The average molecular weight is 397 g/mol. The van der Waals surface area contributed by atoms with Crippen molar-refractivity contribution in [2.24, 2.45) is 13.0 Å². The van der Waals surface area contributed by atoms with Crippen molar-refractivity contribution in [1.82, 2.24) is 13.9 Å². The van der Waals surface area contributed by atoms with Gasteiger partial charge in [-0.15, -0.1) is 0 Å². The van der Waals surface area contributed by atoms with E-state index >= 15 is 0 Å². The third-order valence-electron chi connectivity index (χ3n) is 7.66. The summed E-state index contributed by atoms with van der Waals surface area (Å²) in [5, 5.41) is 0. The summed E-state index contributed by atoms with van der Waals surface area (Å²) in [5.74, 6) is 0.115. The lowest BCUT2D eigenvalue weighted by atomic mass is 9.41. The lowest BCUT2D eigenvalue weighted by Crippen LogP contribution is -2.71. The number of hydrogen-bond donors (Lipinski definition) is 0. The van der Waals surface area contributed by atoms with Crippen LogP contribution < -0.4 is 11.4 Å². The van der Waals surface area contributed by atoms with E-state index in [4.69, 9.17) is 0 Å². The summed E-state index contributed by atoms with van der Waals surface area (Å²) in [6.45, 7) is 4.29. The van der Waals surface area contributed by atoms with Crippen molar-refractivity contribution in [3.05, 3.63) is 110 Å². The van der Waals surface area contributed by atoms with E-state index in [0.29, 0.717) is 0 Å². The van der Waals surface area contributed by atoms with Crippen molar-refractivity contribution in [2.45, 2.75) is 30.8 Å². The lowest BCUT2D eigenvalue weighted by molar-refractivity contribution is 0.0344. The molecule has 4 atom stereocenters. The fourth-order valence-electron chi connectivity index (χ4n) is 6.55. The van der Waals surface area contributed by atoms with Gasteiger partial charge in [0.2, 0.25) is 0 Å². The highest BCUT2D eigenvalue weighted by Crippen LogP contribution is 2.71. The Morgan fingerprint density at radius 3 is 2.20 bits per heavy atom. The van der Waals surface area contributed by atoms with Gasteiger partial charge in [-0.2, -0.15) is 0 Å². The Kier molecular flexibility index (Phi) is 3.16. The molecule has 2 bridgehead atoms. The van der Waals surface area contributed by atoms with Gasteiger partial charge in [-0.3, -0.25) is 0 Å². The van der Waals surface area contributed by atoms with Gasteiger partial charge in [0, 0.05) is 13.0 Å². The van der Waals surface area contributed by atoms with Crippen LogP contribution in [0.3, 0.4) is 0 Å². The van der Waals surface area contributed by atoms with E-state index in [9.17, 15) is 9.59 Å². The van der Waals surface area contributed by atoms with Crippen LogP contribution >= 0.6 is 0 Å². The fraction of sp³-hybridized carbons (Fsp3) is 0.280. The number of aromatic nitrogens is 3. The summed E-state index contributed by atoms with van der Waals surface area (Å²) in [6, 6.07) is 20.7. The molecule has 0 fully saturated rings. The molecule has 150 valence electrons. The topological polar surface area (TPSA) is 48.9 Å². The van der Waals surface area contributed by atoms with Gasteiger partial charge in [0.1, 0.15) is 0 Å². The predicted molar refractivity (Wildman–Crippen MR) is 116 cm³/mol. The van der Waals surface area contributed by atoms with Crippen LogP contribution in [-0.4, -0.2) is 13.9 Å². The molecule has 30 heavy (non-hydrogen) atoms. The zero-order valence-corrected chi connectivity index (χ0v) is 17.2. The third-order valence-corrected chi connectivity index (χ3v) is 7.66. The van der Waals surface area contributed by atoms with Gasteiger partial charge in [-0.1, -0.05) is 78.4 Å². The molecule has 0 N–H and O–H groups in total. The quantitative estimate of drug-likeness (QED) is 0.624. The number of allylic oxidation sites excluding steroid dienone is 4. The molecule has 2 aliphatic heterocycles. The Hall–Kier alpha value is -3.34. The van der Waals surface area contributed by atoms with Gasteiger partial charge in [0.05, 0.1) is 17.0 Å². The van der Waals surface area contributed by atoms with Crippen molar-refractivity contribution in [2.75, 3.05) is 0 Å². The van der Waals surface area contributed by atoms with E-state index in [-0.39, 0.29) is 23.3 Å². The first kappa shape index (κ1) is 17.5. The first-order chi connectivity index (χ1) is 14.4. The molecule has 0 unspecified atom stereocenters. The van der Waals surface area contributed by atoms with Gasteiger partial charge in [-0.25, -0.2) is 23.5 Å². The van der Waals surface area contributed by atoms with Gasteiger partial charge < -0.3 is 0 Å². The molecular weight excluding hydrogens is 374 g/mol. The van der Waals surface area contributed by atoms with Crippen LogP contribution in [0, 0.1) is 5.92 Å². The Morgan fingerprint density at radius 2 is 1.53 bits per heavy atom. The summed E-state index contributed by atoms with van der Waals surface area (Å²) in [7, 11) is 1.57. The number of nitrogens with zero attached hydrogens (tertiary/aromatic N) is 3. The molecule has 0 saturated carbocycles. The highest BCUT2D eigenvalue weighted by Gasteiger charge is 2.70. The van der Waals surface area contributed by atoms with Crippen LogP contribution in [0.25, 0.3) is 5.57 Å². The van der Waals surface area contributed by atoms with Crippen molar-refractivity contribution in [1.29, 1.82) is 0 Å². The molecule has 0 radical (unpaired) electrons. The maximum Gasteiger partial charge on any atom is 0.347 e. The van der Waals surface area contributed by atoms with E-state index in [0.717, 1.165) is 0 Å². The first-order valence-corrected chi connectivity index (χ1v) is 10.4. The van der Waals surface area contributed by atoms with Crippen LogP contribution in [0.15, 0.2) is 88.0 Å². The van der Waals surface area contributed by atoms with Crippen molar-refractivity contribution >= 4 is 5.57 Å². The minimum Gasteiger partial charge on any atom is -0.246 e.